The number of nitrogens with zero attached hydrogens (tertiary/aromatic N) is 1. The van der Waals surface area contributed by atoms with Crippen LogP contribution in [0.4, 0.5) is 0 Å². The molecule has 0 aromatic heterocycles. The first kappa shape index (κ1) is 16.8. The molecule has 6 nitrogen and oxygen atoms in total. The number of likely N-dealkylation sites (tertiary alicyclic amines) is 1. The van der Waals surface area contributed by atoms with Gasteiger partial charge in [-0.05, 0) is 31.5 Å². The van der Waals surface area contributed by atoms with Crippen LogP contribution in [0, 0.1) is 0 Å². The number of hydrogen-bond acceptors (Lipinski definition) is 5. The summed E-state index contributed by atoms with van der Waals surface area (Å²) in [4.78, 5) is 13.1. The molecule has 1 aromatic carbocycles. The highest BCUT2D eigenvalue weighted by atomic mass is 32.2. The smallest absolute Gasteiger partial charge is 0.310 e. The third-order valence-electron chi connectivity index (χ3n) is 3.54. The lowest BCUT2D eigenvalue weighted by Gasteiger charge is -2.32. The van der Waals surface area contributed by atoms with Crippen LogP contribution in [-0.2, 0) is 14.9 Å². The summed E-state index contributed by atoms with van der Waals surface area (Å²) in [5, 5.41) is 2.89. The highest BCUT2D eigenvalue weighted by molar-refractivity contribution is 7.87. The van der Waals surface area contributed by atoms with Gasteiger partial charge in [0, 0.05) is 26.1 Å². The molecule has 1 unspecified atom stereocenters. The number of para-hydroxylation sites is 1. The number of nitrogens with one attached hydrogen (secondary N) is 1. The number of hydrogen-bond donors (Lipinski definition) is 1. The van der Waals surface area contributed by atoms with Crippen molar-refractivity contribution in [3.63, 3.8) is 0 Å². The molecular formula is C15H22N2O4S. The Labute approximate surface area is 131 Å². The summed E-state index contributed by atoms with van der Waals surface area (Å²) in [5.41, 5.74) is 0. The zero-order valence-electron chi connectivity index (χ0n) is 12.7. The van der Waals surface area contributed by atoms with E-state index in [4.69, 9.17) is 4.18 Å². The molecule has 22 heavy (non-hydrogen) atoms. The van der Waals surface area contributed by atoms with Crippen LogP contribution < -0.4 is 9.50 Å². The number of carbonyl (C=O) groups excluding carboxylic acids is 1. The minimum Gasteiger partial charge on any atom is -0.382 e. The van der Waals surface area contributed by atoms with Gasteiger partial charge in [0.2, 0.25) is 5.91 Å². The van der Waals surface area contributed by atoms with Gasteiger partial charge < -0.3 is 14.4 Å². The standard InChI is InChI=1S/C15H22N2O4S/c1-13(18)16-14-6-5-9-17(12-14)10-11-22(19,20)21-15-7-3-2-4-8-15/h2-4,7-8,14H,5-6,9-12H2,1H3,(H,16,18). The van der Waals surface area contributed by atoms with Gasteiger partial charge in [-0.15, -0.1) is 0 Å². The van der Waals surface area contributed by atoms with Crippen LogP contribution in [0.15, 0.2) is 30.3 Å². The molecule has 122 valence electrons. The second kappa shape index (κ2) is 7.60. The van der Waals surface area contributed by atoms with Gasteiger partial charge in [-0.2, -0.15) is 8.42 Å². The highest BCUT2D eigenvalue weighted by Gasteiger charge is 2.22. The SMILES string of the molecule is CC(=O)NC1CCCN(CCS(=O)(=O)Oc2ccccc2)C1. The van der Waals surface area contributed by atoms with Gasteiger partial charge in [-0.3, -0.25) is 4.79 Å². The lowest BCUT2D eigenvalue weighted by molar-refractivity contribution is -0.120. The molecule has 0 spiro atoms. The van der Waals surface area contributed by atoms with E-state index in [0.29, 0.717) is 18.8 Å². The third-order valence-corrected chi connectivity index (χ3v) is 4.67. The van der Waals surface area contributed by atoms with Crippen LogP contribution >= 0.6 is 0 Å². The molecule has 1 saturated heterocycles. The number of benzene rings is 1. The minimum absolute atomic E-state index is 0.0492. The number of rotatable bonds is 6. The van der Waals surface area contributed by atoms with Crippen molar-refractivity contribution in [2.24, 2.45) is 0 Å². The Morgan fingerprint density at radius 2 is 2.09 bits per heavy atom. The van der Waals surface area contributed by atoms with Gasteiger partial charge in [0.25, 0.3) is 0 Å². The molecule has 2 rings (SSSR count). The van der Waals surface area contributed by atoms with Crippen molar-refractivity contribution in [3.8, 4) is 5.75 Å². The molecule has 0 aliphatic carbocycles. The second-order valence-electron chi connectivity index (χ2n) is 5.50. The van der Waals surface area contributed by atoms with Crippen molar-refractivity contribution in [1.29, 1.82) is 0 Å². The van der Waals surface area contributed by atoms with Crippen LogP contribution in [0.1, 0.15) is 19.8 Å². The fourth-order valence-corrected chi connectivity index (χ4v) is 3.54. The first-order valence-electron chi connectivity index (χ1n) is 7.41. The largest absolute Gasteiger partial charge is 0.382 e. The van der Waals surface area contributed by atoms with E-state index in [9.17, 15) is 13.2 Å². The van der Waals surface area contributed by atoms with Gasteiger partial charge in [-0.25, -0.2) is 0 Å². The summed E-state index contributed by atoms with van der Waals surface area (Å²) in [6, 6.07) is 8.59. The van der Waals surface area contributed by atoms with Crippen molar-refractivity contribution in [1.82, 2.24) is 10.2 Å². The van der Waals surface area contributed by atoms with Crippen molar-refractivity contribution in [3.05, 3.63) is 30.3 Å². The van der Waals surface area contributed by atoms with Gasteiger partial charge in [-0.1, -0.05) is 18.2 Å². The number of amides is 1. The van der Waals surface area contributed by atoms with Crippen LogP contribution in [0.3, 0.4) is 0 Å². The predicted octanol–water partition coefficient (Wildman–Crippen LogP) is 0.996. The Hall–Kier alpha value is -1.60. The van der Waals surface area contributed by atoms with E-state index in [1.807, 2.05) is 0 Å². The van der Waals surface area contributed by atoms with Gasteiger partial charge in [0.05, 0.1) is 5.75 Å². The van der Waals surface area contributed by atoms with Crippen LogP contribution in [0.5, 0.6) is 5.75 Å². The monoisotopic (exact) mass is 326 g/mol. The fourth-order valence-electron chi connectivity index (χ4n) is 2.57. The zero-order chi connectivity index (χ0) is 16.0. The normalized spacial score (nSPS) is 19.6. The molecular weight excluding hydrogens is 304 g/mol. The Morgan fingerprint density at radius 3 is 2.77 bits per heavy atom. The first-order valence-corrected chi connectivity index (χ1v) is 8.99. The molecule has 1 aromatic rings. The maximum atomic E-state index is 12.0. The van der Waals surface area contributed by atoms with E-state index in [1.54, 1.807) is 30.3 Å². The molecule has 7 heteroatoms. The van der Waals surface area contributed by atoms with E-state index >= 15 is 0 Å². The second-order valence-corrected chi connectivity index (χ2v) is 7.19. The first-order chi connectivity index (χ1) is 10.4. The summed E-state index contributed by atoms with van der Waals surface area (Å²) in [6.07, 6.45) is 1.88. The maximum Gasteiger partial charge on any atom is 0.310 e. The van der Waals surface area contributed by atoms with Crippen molar-refractivity contribution >= 4 is 16.0 Å². The van der Waals surface area contributed by atoms with Crippen molar-refractivity contribution in [2.75, 3.05) is 25.4 Å². The van der Waals surface area contributed by atoms with Gasteiger partial charge >= 0.3 is 10.1 Å². The number of carbonyl (C=O) groups is 1. The molecule has 1 N–H and O–H groups in total. The molecule has 1 atom stereocenters. The van der Waals surface area contributed by atoms with E-state index in [-0.39, 0.29) is 17.7 Å². The molecule has 1 amide bonds. The van der Waals surface area contributed by atoms with Crippen molar-refractivity contribution in [2.45, 2.75) is 25.8 Å². The molecule has 1 aliphatic heterocycles. The Morgan fingerprint density at radius 1 is 1.36 bits per heavy atom. The molecule has 0 saturated carbocycles. The van der Waals surface area contributed by atoms with E-state index in [2.05, 4.69) is 10.2 Å². The summed E-state index contributed by atoms with van der Waals surface area (Å²) < 4.78 is 29.0. The van der Waals surface area contributed by atoms with Gasteiger partial charge in [0.1, 0.15) is 5.75 Å². The molecule has 1 heterocycles. The average Bonchev–Trinajstić information content (AvgIpc) is 2.46. The minimum atomic E-state index is -3.60. The maximum absolute atomic E-state index is 12.0. The summed E-state index contributed by atoms with van der Waals surface area (Å²) >= 11 is 0. The number of piperidine rings is 1. The third kappa shape index (κ3) is 5.65. The molecule has 1 aliphatic rings. The lowest BCUT2D eigenvalue weighted by atomic mass is 10.1. The fraction of sp³-hybridized carbons (Fsp3) is 0.533. The van der Waals surface area contributed by atoms with E-state index < -0.39 is 10.1 Å². The lowest BCUT2D eigenvalue weighted by Crippen LogP contribution is -2.48. The summed E-state index contributed by atoms with van der Waals surface area (Å²) in [7, 11) is -3.60. The Bertz CT molecular complexity index is 589. The van der Waals surface area contributed by atoms with Crippen LogP contribution in [0.25, 0.3) is 0 Å². The summed E-state index contributed by atoms with van der Waals surface area (Å²) in [6.45, 7) is 3.43. The Kier molecular flexibility index (Phi) is 5.79. The van der Waals surface area contributed by atoms with E-state index in [1.165, 1.54) is 6.92 Å². The van der Waals surface area contributed by atoms with Crippen LogP contribution in [-0.4, -0.2) is 50.7 Å². The van der Waals surface area contributed by atoms with E-state index in [0.717, 1.165) is 19.4 Å². The predicted molar refractivity (Wildman–Crippen MR) is 84.1 cm³/mol. The summed E-state index contributed by atoms with van der Waals surface area (Å²) in [5.74, 6) is 0.221. The highest BCUT2D eigenvalue weighted by Crippen LogP contribution is 2.13. The average molecular weight is 326 g/mol. The molecule has 1 fully saturated rings. The van der Waals surface area contributed by atoms with Crippen LogP contribution in [0.2, 0.25) is 0 Å². The van der Waals surface area contributed by atoms with Crippen molar-refractivity contribution < 1.29 is 17.4 Å². The molecule has 0 bridgehead atoms. The Balaban J connectivity index is 1.82. The van der Waals surface area contributed by atoms with Gasteiger partial charge in [0.15, 0.2) is 0 Å². The molecule has 0 radical (unpaired) electrons. The topological polar surface area (TPSA) is 75.7 Å². The quantitative estimate of drug-likeness (QED) is 0.789. The zero-order valence-corrected chi connectivity index (χ0v) is 13.5.